The summed E-state index contributed by atoms with van der Waals surface area (Å²) in [6, 6.07) is 10.7. The summed E-state index contributed by atoms with van der Waals surface area (Å²) >= 11 is 2.20. The lowest BCUT2D eigenvalue weighted by Crippen LogP contribution is -1.83. The van der Waals surface area contributed by atoms with Crippen LogP contribution in [0.25, 0.3) is 0 Å². The van der Waals surface area contributed by atoms with Gasteiger partial charge in [0.1, 0.15) is 6.79 Å². The maximum absolute atomic E-state index is 8.00. The van der Waals surface area contributed by atoms with Gasteiger partial charge in [-0.3, -0.25) is 0 Å². The van der Waals surface area contributed by atoms with E-state index in [1.54, 1.807) is 8.93 Å². The first-order valence-corrected chi connectivity index (χ1v) is 9.54. The largest absolute Gasteiger partial charge is 0.400 e. The van der Waals surface area contributed by atoms with E-state index in [4.69, 9.17) is 9.90 Å². The molecule has 0 saturated heterocycles. The quantitative estimate of drug-likeness (QED) is 0.612. The molecule has 0 unspecified atom stereocenters. The molecule has 0 radical (unpaired) electrons. The summed E-state index contributed by atoms with van der Waals surface area (Å²) in [6.45, 7) is 4.24. The van der Waals surface area contributed by atoms with Gasteiger partial charge in [0.25, 0.3) is 0 Å². The number of halogens is 1. The molecule has 1 aromatic carbocycles. The summed E-state index contributed by atoms with van der Waals surface area (Å²) in [6.07, 6.45) is 7.28. The van der Waals surface area contributed by atoms with Crippen molar-refractivity contribution in [3.63, 3.8) is 0 Å². The van der Waals surface area contributed by atoms with E-state index < -0.39 is 0 Å². The van der Waals surface area contributed by atoms with Crippen LogP contribution in [0.2, 0.25) is 0 Å². The third kappa shape index (κ3) is 21.2. The summed E-state index contributed by atoms with van der Waals surface area (Å²) in [7, 11) is 2.72. The van der Waals surface area contributed by atoms with Gasteiger partial charge in [-0.1, -0.05) is 59.0 Å². The number of aliphatic hydroxyl groups excluding tert-OH is 1. The normalized spacial score (nSPS) is 7.61. The minimum atomic E-state index is 1.00. The van der Waals surface area contributed by atoms with Crippen LogP contribution < -0.4 is 0 Å². The van der Waals surface area contributed by atoms with Crippen molar-refractivity contribution < 1.29 is 9.90 Å². The lowest BCUT2D eigenvalue weighted by Gasteiger charge is -1.98. The Hall–Kier alpha value is -0.0700. The molecule has 4 heteroatoms. The zero-order valence-corrected chi connectivity index (χ0v) is 14.5. The molecule has 0 spiro atoms. The van der Waals surface area contributed by atoms with Gasteiger partial charge in [-0.25, -0.2) is 0 Å². The molecule has 0 saturated carbocycles. The van der Waals surface area contributed by atoms with E-state index in [-0.39, 0.29) is 0 Å². The van der Waals surface area contributed by atoms with E-state index in [1.165, 1.54) is 31.2 Å². The summed E-state index contributed by atoms with van der Waals surface area (Å²) in [5.41, 5.74) is 1.47. The van der Waals surface area contributed by atoms with Crippen molar-refractivity contribution in [1.82, 2.24) is 0 Å². The lowest BCUT2D eigenvalue weighted by molar-refractivity contribution is -0.0979. The van der Waals surface area contributed by atoms with Gasteiger partial charge in [0.2, 0.25) is 0 Å². The Bertz CT molecular complexity index is 220. The number of aliphatic hydroxyl groups is 1. The molecular formula is C14H25IO2S. The number of benzene rings is 1. The van der Waals surface area contributed by atoms with Crippen molar-refractivity contribution in [2.24, 2.45) is 0 Å². The van der Waals surface area contributed by atoms with Crippen LogP contribution in [0.3, 0.4) is 0 Å². The predicted molar refractivity (Wildman–Crippen MR) is 92.5 cm³/mol. The maximum atomic E-state index is 8.00. The standard InChI is InChI=1S/C11H16.CH3IS.CH4O.CH2O/c1-2-3-5-8-11-9-6-4-7-10-11;1-3-2;2*1-2/h4,6-7,9-10H,2-3,5,8H2,1H3;1H3;2H,1H3;1H2. The van der Waals surface area contributed by atoms with Gasteiger partial charge < -0.3 is 9.90 Å². The van der Waals surface area contributed by atoms with Crippen LogP contribution in [0.15, 0.2) is 30.3 Å². The molecule has 106 valence electrons. The van der Waals surface area contributed by atoms with E-state index in [1.807, 2.05) is 13.0 Å². The second-order valence-electron chi connectivity index (χ2n) is 3.10. The third-order valence-electron chi connectivity index (χ3n) is 1.91. The molecule has 0 heterocycles. The molecule has 0 fully saturated rings. The molecule has 0 aliphatic heterocycles. The van der Waals surface area contributed by atoms with Crippen LogP contribution in [0.4, 0.5) is 0 Å². The van der Waals surface area contributed by atoms with Crippen molar-refractivity contribution in [1.29, 1.82) is 0 Å². The van der Waals surface area contributed by atoms with E-state index in [9.17, 15) is 0 Å². The monoisotopic (exact) mass is 384 g/mol. The topological polar surface area (TPSA) is 37.3 Å². The fraction of sp³-hybridized carbons (Fsp3) is 0.500. The van der Waals surface area contributed by atoms with Gasteiger partial charge in [-0.2, -0.15) is 0 Å². The molecule has 2 nitrogen and oxygen atoms in total. The molecule has 0 atom stereocenters. The summed E-state index contributed by atoms with van der Waals surface area (Å²) in [4.78, 5) is 8.00. The first kappa shape index (κ1) is 23.1. The first-order valence-electron chi connectivity index (χ1n) is 5.77. The van der Waals surface area contributed by atoms with Crippen LogP contribution in [0, 0.1) is 0 Å². The number of aryl methyl sites for hydroxylation is 1. The molecule has 0 amide bonds. The fourth-order valence-electron chi connectivity index (χ4n) is 1.22. The van der Waals surface area contributed by atoms with E-state index >= 15 is 0 Å². The van der Waals surface area contributed by atoms with E-state index in [0.29, 0.717) is 0 Å². The van der Waals surface area contributed by atoms with Crippen molar-refractivity contribution in [2.45, 2.75) is 32.6 Å². The Labute approximate surface area is 128 Å². The predicted octanol–water partition coefficient (Wildman–Crippen LogP) is 4.54. The molecule has 0 aromatic heterocycles. The molecular weight excluding hydrogens is 359 g/mol. The highest BCUT2D eigenvalue weighted by Gasteiger charge is 1.89. The van der Waals surface area contributed by atoms with Gasteiger partial charge in [0, 0.05) is 7.11 Å². The van der Waals surface area contributed by atoms with Crippen LogP contribution in [-0.2, 0) is 11.2 Å². The first-order chi connectivity index (χ1) is 8.85. The Balaban J connectivity index is -0.000000274. The summed E-state index contributed by atoms with van der Waals surface area (Å²) < 4.78 is 0. The Morgan fingerprint density at radius 1 is 1.17 bits per heavy atom. The summed E-state index contributed by atoms with van der Waals surface area (Å²) in [5, 5.41) is 7.00. The molecule has 0 aliphatic carbocycles. The van der Waals surface area contributed by atoms with Crippen molar-refractivity contribution in [3.05, 3.63) is 35.9 Å². The van der Waals surface area contributed by atoms with Crippen molar-refractivity contribution in [3.8, 4) is 0 Å². The number of carbonyl (C=O) groups excluding carboxylic acids is 1. The zero-order chi connectivity index (χ0) is 14.6. The molecule has 1 aromatic rings. The number of rotatable bonds is 4. The van der Waals surface area contributed by atoms with Gasteiger partial charge in [0.15, 0.2) is 0 Å². The Morgan fingerprint density at radius 3 is 2.00 bits per heavy atom. The van der Waals surface area contributed by atoms with E-state index in [0.717, 1.165) is 7.11 Å². The zero-order valence-electron chi connectivity index (χ0n) is 11.6. The number of carbonyl (C=O) groups is 1. The fourth-order valence-corrected chi connectivity index (χ4v) is 1.22. The summed E-state index contributed by atoms with van der Waals surface area (Å²) in [5.74, 6) is 0. The highest BCUT2D eigenvalue weighted by atomic mass is 127. The Morgan fingerprint density at radius 2 is 1.61 bits per heavy atom. The molecule has 18 heavy (non-hydrogen) atoms. The average Bonchev–Trinajstić information content (AvgIpc) is 2.46. The van der Waals surface area contributed by atoms with Crippen LogP contribution in [0.1, 0.15) is 31.7 Å². The SMILES string of the molecule is C=O.CCCCCc1ccccc1.CO.CSI. The molecule has 1 N–H and O–H groups in total. The van der Waals surface area contributed by atoms with Crippen molar-refractivity contribution >= 4 is 36.9 Å². The smallest absolute Gasteiger partial charge is 0.106 e. The average molecular weight is 384 g/mol. The minimum Gasteiger partial charge on any atom is -0.400 e. The second-order valence-corrected chi connectivity index (χ2v) is 6.05. The highest BCUT2D eigenvalue weighted by molar-refractivity contribution is 14.2. The number of unbranched alkanes of at least 4 members (excludes halogenated alkanes) is 2. The Kier molecular flexibility index (Phi) is 32.9. The van der Waals surface area contributed by atoms with Crippen molar-refractivity contribution in [2.75, 3.05) is 13.4 Å². The second kappa shape index (κ2) is 25.7. The number of hydrogen-bond donors (Lipinski definition) is 1. The van der Waals surface area contributed by atoms with E-state index in [2.05, 4.69) is 58.5 Å². The van der Waals surface area contributed by atoms with Gasteiger partial charge >= 0.3 is 0 Å². The molecule has 0 aliphatic rings. The molecule has 1 rings (SSSR count). The van der Waals surface area contributed by atoms with Crippen LogP contribution in [0.5, 0.6) is 0 Å². The van der Waals surface area contributed by atoms with Gasteiger partial charge in [-0.15, -0.1) is 0 Å². The van der Waals surface area contributed by atoms with Crippen LogP contribution >= 0.6 is 30.1 Å². The molecule has 0 bridgehead atoms. The lowest BCUT2D eigenvalue weighted by atomic mass is 10.1. The van der Waals surface area contributed by atoms with Gasteiger partial charge in [-0.05, 0) is 45.9 Å². The van der Waals surface area contributed by atoms with Gasteiger partial charge in [0.05, 0.1) is 0 Å². The minimum absolute atomic E-state index is 1.00. The highest BCUT2D eigenvalue weighted by Crippen LogP contribution is 2.05. The number of hydrogen-bond acceptors (Lipinski definition) is 3. The maximum Gasteiger partial charge on any atom is 0.106 e. The van der Waals surface area contributed by atoms with Crippen LogP contribution in [-0.4, -0.2) is 25.3 Å². The third-order valence-corrected chi connectivity index (χ3v) is 1.91.